The lowest BCUT2D eigenvalue weighted by Gasteiger charge is -2.16. The van der Waals surface area contributed by atoms with Crippen LogP contribution < -0.4 is 0 Å². The van der Waals surface area contributed by atoms with Crippen LogP contribution in [0.4, 0.5) is 4.39 Å². The van der Waals surface area contributed by atoms with Crippen molar-refractivity contribution in [2.45, 2.75) is 12.8 Å². The molecule has 112 valence electrons. The molecule has 0 bridgehead atoms. The molecule has 1 aromatic carbocycles. The van der Waals surface area contributed by atoms with E-state index in [1.807, 2.05) is 0 Å². The molecule has 0 aromatic heterocycles. The fourth-order valence-electron chi connectivity index (χ4n) is 3.09. The smallest absolute Gasteiger partial charge is 0.308 e. The molecule has 1 heterocycles. The van der Waals surface area contributed by atoms with Gasteiger partial charge < -0.3 is 10.0 Å². The number of nitrogens with zero attached hydrogens (tertiary/aromatic N) is 1. The zero-order valence-electron chi connectivity index (χ0n) is 11.3. The summed E-state index contributed by atoms with van der Waals surface area (Å²) in [4.78, 5) is 25.2. The molecule has 2 fully saturated rings. The molecule has 2 atom stereocenters. The molecule has 21 heavy (non-hydrogen) atoms. The summed E-state index contributed by atoms with van der Waals surface area (Å²) in [5.74, 6) is -2.19. The molecule has 1 aliphatic carbocycles. The second kappa shape index (κ2) is 5.30. The van der Waals surface area contributed by atoms with E-state index in [9.17, 15) is 19.1 Å². The molecule has 0 unspecified atom stereocenters. The van der Waals surface area contributed by atoms with E-state index >= 15 is 0 Å². The molecule has 1 aliphatic heterocycles. The molecule has 1 aromatic rings. The molecule has 1 N–H and O–H groups in total. The number of hydrogen-bond donors (Lipinski definition) is 1. The van der Waals surface area contributed by atoms with Crippen LogP contribution in [0.5, 0.6) is 0 Å². The third-order valence-corrected chi connectivity index (χ3v) is 4.59. The second-order valence-corrected chi connectivity index (χ2v) is 6.22. The summed E-state index contributed by atoms with van der Waals surface area (Å²) in [6.45, 7) is 0.522. The summed E-state index contributed by atoms with van der Waals surface area (Å²) >= 11 is 5.80. The van der Waals surface area contributed by atoms with Crippen molar-refractivity contribution in [3.63, 3.8) is 0 Å². The lowest BCUT2D eigenvalue weighted by Crippen LogP contribution is -2.30. The SMILES string of the molecule is O=C(O)[C@H]1CN(C(=O)c2cc(Cl)ccc2F)C[C@@H]1C1CC1. The summed E-state index contributed by atoms with van der Waals surface area (Å²) < 4.78 is 13.8. The zero-order valence-corrected chi connectivity index (χ0v) is 12.0. The number of halogens is 2. The minimum Gasteiger partial charge on any atom is -0.481 e. The minimum atomic E-state index is -0.881. The fourth-order valence-corrected chi connectivity index (χ4v) is 3.26. The largest absolute Gasteiger partial charge is 0.481 e. The van der Waals surface area contributed by atoms with E-state index in [4.69, 9.17) is 11.6 Å². The quantitative estimate of drug-likeness (QED) is 0.933. The third kappa shape index (κ3) is 2.75. The maximum absolute atomic E-state index is 13.8. The van der Waals surface area contributed by atoms with Crippen LogP contribution >= 0.6 is 11.6 Å². The Bertz CT molecular complexity index is 603. The van der Waals surface area contributed by atoms with Crippen molar-refractivity contribution >= 4 is 23.5 Å². The van der Waals surface area contributed by atoms with Gasteiger partial charge in [0.25, 0.3) is 5.91 Å². The van der Waals surface area contributed by atoms with Crippen LogP contribution in [0.3, 0.4) is 0 Å². The number of rotatable bonds is 3. The number of aliphatic carboxylic acids is 1. The highest BCUT2D eigenvalue weighted by atomic mass is 35.5. The highest BCUT2D eigenvalue weighted by Crippen LogP contribution is 2.44. The summed E-state index contributed by atoms with van der Waals surface area (Å²) in [6, 6.07) is 3.82. The molecule has 3 rings (SSSR count). The Labute approximate surface area is 126 Å². The van der Waals surface area contributed by atoms with Crippen LogP contribution in [0.2, 0.25) is 5.02 Å². The van der Waals surface area contributed by atoms with Gasteiger partial charge in [0.05, 0.1) is 11.5 Å². The van der Waals surface area contributed by atoms with Crippen LogP contribution in [0.1, 0.15) is 23.2 Å². The van der Waals surface area contributed by atoms with Gasteiger partial charge in [0.15, 0.2) is 0 Å². The first kappa shape index (κ1) is 14.3. The Morgan fingerprint density at radius 1 is 1.29 bits per heavy atom. The zero-order chi connectivity index (χ0) is 15.1. The van der Waals surface area contributed by atoms with Crippen molar-refractivity contribution in [2.75, 3.05) is 13.1 Å². The van der Waals surface area contributed by atoms with Gasteiger partial charge >= 0.3 is 5.97 Å². The first-order valence-electron chi connectivity index (χ1n) is 6.94. The molecule has 2 aliphatic rings. The Morgan fingerprint density at radius 2 is 2.00 bits per heavy atom. The van der Waals surface area contributed by atoms with Crippen LogP contribution in [0.25, 0.3) is 0 Å². The molecular formula is C15H15ClFNO3. The van der Waals surface area contributed by atoms with Crippen molar-refractivity contribution < 1.29 is 19.1 Å². The average Bonchev–Trinajstić information content (AvgIpc) is 3.19. The molecule has 0 radical (unpaired) electrons. The van der Waals surface area contributed by atoms with Gasteiger partial charge in [0.1, 0.15) is 5.82 Å². The van der Waals surface area contributed by atoms with Crippen molar-refractivity contribution in [3.05, 3.63) is 34.6 Å². The molecular weight excluding hydrogens is 297 g/mol. The number of benzene rings is 1. The average molecular weight is 312 g/mol. The van der Waals surface area contributed by atoms with E-state index in [1.54, 1.807) is 0 Å². The Morgan fingerprint density at radius 3 is 2.62 bits per heavy atom. The van der Waals surface area contributed by atoms with Gasteiger partial charge in [-0.15, -0.1) is 0 Å². The Balaban J connectivity index is 1.82. The highest BCUT2D eigenvalue weighted by Gasteiger charge is 2.47. The highest BCUT2D eigenvalue weighted by molar-refractivity contribution is 6.31. The number of hydrogen-bond acceptors (Lipinski definition) is 2. The lowest BCUT2D eigenvalue weighted by atomic mass is 9.92. The second-order valence-electron chi connectivity index (χ2n) is 5.78. The molecule has 4 nitrogen and oxygen atoms in total. The minimum absolute atomic E-state index is 0.0197. The number of carboxylic acid groups (broad SMARTS) is 1. The van der Waals surface area contributed by atoms with Crippen LogP contribution in [0.15, 0.2) is 18.2 Å². The number of likely N-dealkylation sites (tertiary alicyclic amines) is 1. The van der Waals surface area contributed by atoms with E-state index in [-0.39, 0.29) is 23.0 Å². The summed E-state index contributed by atoms with van der Waals surface area (Å²) in [5, 5.41) is 9.58. The first-order chi connectivity index (χ1) is 9.97. The van der Waals surface area contributed by atoms with Crippen molar-refractivity contribution in [3.8, 4) is 0 Å². The lowest BCUT2D eigenvalue weighted by molar-refractivity contribution is -0.142. The van der Waals surface area contributed by atoms with Gasteiger partial charge in [-0.1, -0.05) is 11.6 Å². The Kier molecular flexibility index (Phi) is 3.61. The standard InChI is InChI=1S/C15H15ClFNO3/c16-9-3-4-13(17)10(5-9)14(19)18-6-11(8-1-2-8)12(7-18)15(20)21/h3-5,8,11-12H,1-2,6-7H2,(H,20,21)/t11-,12+/m1/s1. The summed E-state index contributed by atoms with van der Waals surface area (Å²) in [5.41, 5.74) is -0.0944. The van der Waals surface area contributed by atoms with Gasteiger partial charge in [-0.3, -0.25) is 9.59 Å². The number of carbonyl (C=O) groups is 2. The normalized spacial score (nSPS) is 25.1. The van der Waals surface area contributed by atoms with E-state index in [2.05, 4.69) is 0 Å². The van der Waals surface area contributed by atoms with E-state index < -0.39 is 23.6 Å². The molecule has 1 saturated heterocycles. The maximum atomic E-state index is 13.8. The molecule has 0 spiro atoms. The van der Waals surface area contributed by atoms with Gasteiger partial charge in [-0.2, -0.15) is 0 Å². The number of carbonyl (C=O) groups excluding carboxylic acids is 1. The number of carboxylic acids is 1. The molecule has 1 saturated carbocycles. The van der Waals surface area contributed by atoms with E-state index in [0.29, 0.717) is 12.5 Å². The third-order valence-electron chi connectivity index (χ3n) is 4.36. The van der Waals surface area contributed by atoms with Crippen molar-refractivity contribution in [2.24, 2.45) is 17.8 Å². The summed E-state index contributed by atoms with van der Waals surface area (Å²) in [6.07, 6.45) is 2.03. The predicted molar refractivity (Wildman–Crippen MR) is 74.7 cm³/mol. The summed E-state index contributed by atoms with van der Waals surface area (Å²) in [7, 11) is 0. The van der Waals surface area contributed by atoms with E-state index in [1.165, 1.54) is 17.0 Å². The van der Waals surface area contributed by atoms with E-state index in [0.717, 1.165) is 18.9 Å². The fraction of sp³-hybridized carbons (Fsp3) is 0.467. The van der Waals surface area contributed by atoms with Gasteiger partial charge in [0, 0.05) is 18.1 Å². The van der Waals surface area contributed by atoms with Gasteiger partial charge in [0.2, 0.25) is 0 Å². The molecule has 1 amide bonds. The number of amides is 1. The first-order valence-corrected chi connectivity index (χ1v) is 7.32. The monoisotopic (exact) mass is 311 g/mol. The van der Waals surface area contributed by atoms with Crippen molar-refractivity contribution in [1.29, 1.82) is 0 Å². The van der Waals surface area contributed by atoms with Gasteiger partial charge in [-0.05, 0) is 42.9 Å². The van der Waals surface area contributed by atoms with Crippen molar-refractivity contribution in [1.82, 2.24) is 4.90 Å². The Hall–Kier alpha value is -1.62. The van der Waals surface area contributed by atoms with Gasteiger partial charge in [-0.25, -0.2) is 4.39 Å². The van der Waals surface area contributed by atoms with Crippen LogP contribution in [-0.2, 0) is 4.79 Å². The topological polar surface area (TPSA) is 57.6 Å². The van der Waals surface area contributed by atoms with Crippen LogP contribution in [-0.4, -0.2) is 35.0 Å². The maximum Gasteiger partial charge on any atom is 0.308 e. The van der Waals surface area contributed by atoms with Crippen LogP contribution in [0, 0.1) is 23.6 Å². The predicted octanol–water partition coefficient (Wildman–Crippen LogP) is 2.66. The molecule has 6 heteroatoms.